The van der Waals surface area contributed by atoms with Crippen LogP contribution in [0.2, 0.25) is 0 Å². The summed E-state index contributed by atoms with van der Waals surface area (Å²) in [5.74, 6) is 0.320. The van der Waals surface area contributed by atoms with Crippen LogP contribution in [0.5, 0.6) is 0 Å². The third-order valence-electron chi connectivity index (χ3n) is 3.67. The van der Waals surface area contributed by atoms with Crippen LogP contribution in [0.25, 0.3) is 0 Å². The number of hydrogen-bond donors (Lipinski definition) is 2. The van der Waals surface area contributed by atoms with E-state index in [1.165, 1.54) is 5.56 Å². The summed E-state index contributed by atoms with van der Waals surface area (Å²) in [6.45, 7) is 7.56. The van der Waals surface area contributed by atoms with Crippen LogP contribution in [-0.4, -0.2) is 48.0 Å². The van der Waals surface area contributed by atoms with Gasteiger partial charge in [0.25, 0.3) is 5.91 Å². The molecule has 128 valence electrons. The van der Waals surface area contributed by atoms with Crippen molar-refractivity contribution in [3.63, 3.8) is 0 Å². The number of rotatable bonds is 6. The van der Waals surface area contributed by atoms with Crippen LogP contribution in [-0.2, 0) is 0 Å². The molecule has 1 aromatic heterocycles. The van der Waals surface area contributed by atoms with Crippen molar-refractivity contribution in [2.75, 3.05) is 32.5 Å². The van der Waals surface area contributed by atoms with Crippen LogP contribution >= 0.6 is 0 Å². The molecule has 6 heteroatoms. The van der Waals surface area contributed by atoms with Crippen molar-refractivity contribution >= 4 is 17.5 Å². The zero-order valence-electron chi connectivity index (χ0n) is 15.0. The van der Waals surface area contributed by atoms with Crippen LogP contribution in [0.3, 0.4) is 0 Å². The minimum absolute atomic E-state index is 0.161. The molecule has 2 N–H and O–H groups in total. The first kappa shape index (κ1) is 17.9. The van der Waals surface area contributed by atoms with Gasteiger partial charge in [0.1, 0.15) is 0 Å². The Labute approximate surface area is 143 Å². The van der Waals surface area contributed by atoms with Gasteiger partial charge in [0.15, 0.2) is 0 Å². The minimum Gasteiger partial charge on any atom is -0.351 e. The fourth-order valence-electron chi connectivity index (χ4n) is 2.49. The molecule has 24 heavy (non-hydrogen) atoms. The van der Waals surface area contributed by atoms with Crippen molar-refractivity contribution in [1.82, 2.24) is 20.2 Å². The second-order valence-electron chi connectivity index (χ2n) is 6.25. The molecular formula is C18H25N5O. The summed E-state index contributed by atoms with van der Waals surface area (Å²) in [6, 6.07) is 4.23. The van der Waals surface area contributed by atoms with Crippen molar-refractivity contribution in [2.24, 2.45) is 0 Å². The van der Waals surface area contributed by atoms with Crippen molar-refractivity contribution in [3.8, 4) is 0 Å². The van der Waals surface area contributed by atoms with Crippen LogP contribution in [0.1, 0.15) is 27.0 Å². The number of hydrogen-bond acceptors (Lipinski definition) is 5. The number of aryl methyl sites for hydroxylation is 3. The molecule has 0 spiro atoms. The van der Waals surface area contributed by atoms with E-state index in [0.29, 0.717) is 18.1 Å². The first-order valence-corrected chi connectivity index (χ1v) is 7.96. The normalized spacial score (nSPS) is 10.8. The number of amides is 1. The zero-order chi connectivity index (χ0) is 17.7. The Balaban J connectivity index is 2.03. The Morgan fingerprint density at radius 3 is 2.21 bits per heavy atom. The molecule has 1 amide bonds. The van der Waals surface area contributed by atoms with E-state index in [4.69, 9.17) is 0 Å². The van der Waals surface area contributed by atoms with Gasteiger partial charge in [-0.2, -0.15) is 0 Å². The highest BCUT2D eigenvalue weighted by atomic mass is 16.1. The molecule has 0 atom stereocenters. The lowest BCUT2D eigenvalue weighted by Crippen LogP contribution is -2.31. The van der Waals surface area contributed by atoms with E-state index in [1.807, 2.05) is 19.0 Å². The predicted molar refractivity (Wildman–Crippen MR) is 96.9 cm³/mol. The van der Waals surface area contributed by atoms with Gasteiger partial charge in [-0.1, -0.05) is 17.7 Å². The molecule has 0 aliphatic heterocycles. The average molecular weight is 327 g/mol. The van der Waals surface area contributed by atoms with Crippen LogP contribution in [0, 0.1) is 20.8 Å². The third kappa shape index (κ3) is 4.76. The smallest absolute Gasteiger partial charge is 0.254 e. The first-order chi connectivity index (χ1) is 11.4. The number of nitrogens with zero attached hydrogens (tertiary/aromatic N) is 3. The Morgan fingerprint density at radius 2 is 1.67 bits per heavy atom. The molecule has 2 rings (SSSR count). The van der Waals surface area contributed by atoms with E-state index in [0.717, 1.165) is 23.4 Å². The monoisotopic (exact) mass is 327 g/mol. The van der Waals surface area contributed by atoms with E-state index in [-0.39, 0.29) is 5.91 Å². The van der Waals surface area contributed by atoms with E-state index in [9.17, 15) is 4.79 Å². The summed E-state index contributed by atoms with van der Waals surface area (Å²) in [4.78, 5) is 22.5. The topological polar surface area (TPSA) is 70.2 Å². The summed E-state index contributed by atoms with van der Waals surface area (Å²) in [7, 11) is 3.93. The van der Waals surface area contributed by atoms with Crippen LogP contribution in [0.4, 0.5) is 11.6 Å². The Hall–Kier alpha value is -2.47. The second-order valence-corrected chi connectivity index (χ2v) is 6.25. The number of likely N-dealkylation sites (N-methyl/N-ethyl adjacent to an activating group) is 1. The van der Waals surface area contributed by atoms with Gasteiger partial charge < -0.3 is 15.5 Å². The van der Waals surface area contributed by atoms with Gasteiger partial charge in [-0.3, -0.25) is 4.79 Å². The molecule has 0 fully saturated rings. The lowest BCUT2D eigenvalue weighted by atomic mass is 10.1. The van der Waals surface area contributed by atoms with E-state index < -0.39 is 0 Å². The molecule has 0 saturated carbocycles. The highest BCUT2D eigenvalue weighted by Gasteiger charge is 2.09. The fraction of sp³-hybridized carbons (Fsp3) is 0.389. The molecule has 0 aliphatic rings. The first-order valence-electron chi connectivity index (χ1n) is 7.96. The zero-order valence-corrected chi connectivity index (χ0v) is 15.0. The molecule has 0 radical (unpaired) electrons. The van der Waals surface area contributed by atoms with Crippen LogP contribution in [0.15, 0.2) is 24.5 Å². The van der Waals surface area contributed by atoms with Gasteiger partial charge in [-0.25, -0.2) is 9.97 Å². The highest BCUT2D eigenvalue weighted by molar-refractivity contribution is 5.93. The van der Waals surface area contributed by atoms with Crippen molar-refractivity contribution in [1.29, 1.82) is 0 Å². The Morgan fingerprint density at radius 1 is 1.08 bits per heavy atom. The van der Waals surface area contributed by atoms with E-state index in [1.54, 1.807) is 12.4 Å². The number of nitrogens with one attached hydrogen (secondary N) is 2. The van der Waals surface area contributed by atoms with Gasteiger partial charge in [-0.05, 0) is 46.0 Å². The summed E-state index contributed by atoms with van der Waals surface area (Å²) in [5.41, 5.74) is 4.96. The molecule has 2 aromatic rings. The highest BCUT2D eigenvalue weighted by Crippen LogP contribution is 2.24. The number of carbonyl (C=O) groups is 1. The van der Waals surface area contributed by atoms with Gasteiger partial charge in [0, 0.05) is 31.2 Å². The largest absolute Gasteiger partial charge is 0.351 e. The SMILES string of the molecule is Cc1cc(C)c(Nc2ncc(C(=O)NCCN(C)C)cn2)c(C)c1. The molecule has 6 nitrogen and oxygen atoms in total. The number of benzene rings is 1. The van der Waals surface area contributed by atoms with Crippen molar-refractivity contribution in [3.05, 3.63) is 46.8 Å². The molecule has 0 aliphatic carbocycles. The molecule has 0 unspecified atom stereocenters. The van der Waals surface area contributed by atoms with Gasteiger partial charge in [0.2, 0.25) is 5.95 Å². The number of carbonyl (C=O) groups excluding carboxylic acids is 1. The maximum atomic E-state index is 12.0. The van der Waals surface area contributed by atoms with Gasteiger partial charge >= 0.3 is 0 Å². The summed E-state index contributed by atoms with van der Waals surface area (Å²) >= 11 is 0. The lowest BCUT2D eigenvalue weighted by Gasteiger charge is -2.13. The second kappa shape index (κ2) is 7.88. The molecule has 0 bridgehead atoms. The molecule has 1 heterocycles. The fourth-order valence-corrected chi connectivity index (χ4v) is 2.49. The lowest BCUT2D eigenvalue weighted by molar-refractivity contribution is 0.0950. The molecule has 0 saturated heterocycles. The third-order valence-corrected chi connectivity index (χ3v) is 3.67. The number of anilines is 2. The summed E-state index contributed by atoms with van der Waals surface area (Å²) in [5, 5.41) is 6.07. The summed E-state index contributed by atoms with van der Waals surface area (Å²) < 4.78 is 0. The van der Waals surface area contributed by atoms with E-state index >= 15 is 0 Å². The summed E-state index contributed by atoms with van der Waals surface area (Å²) in [6.07, 6.45) is 3.08. The van der Waals surface area contributed by atoms with Crippen LogP contribution < -0.4 is 10.6 Å². The van der Waals surface area contributed by atoms with Crippen molar-refractivity contribution < 1.29 is 4.79 Å². The van der Waals surface area contributed by atoms with Crippen molar-refractivity contribution in [2.45, 2.75) is 20.8 Å². The van der Waals surface area contributed by atoms with Gasteiger partial charge in [0.05, 0.1) is 5.56 Å². The maximum Gasteiger partial charge on any atom is 0.254 e. The predicted octanol–water partition coefficient (Wildman–Crippen LogP) is 2.44. The van der Waals surface area contributed by atoms with E-state index in [2.05, 4.69) is 53.5 Å². The average Bonchev–Trinajstić information content (AvgIpc) is 2.51. The number of aromatic nitrogens is 2. The molecule has 1 aromatic carbocycles. The maximum absolute atomic E-state index is 12.0. The van der Waals surface area contributed by atoms with Gasteiger partial charge in [-0.15, -0.1) is 0 Å². The minimum atomic E-state index is -0.161. The Bertz CT molecular complexity index is 687. The quantitative estimate of drug-likeness (QED) is 0.853. The Kier molecular flexibility index (Phi) is 5.87. The molecular weight excluding hydrogens is 302 g/mol. The standard InChI is InChI=1S/C18H25N5O/c1-12-8-13(2)16(14(3)9-12)22-18-20-10-15(11-21-18)17(24)19-6-7-23(4)5/h8-11H,6-7H2,1-5H3,(H,19,24)(H,20,21,22).